The molecule has 6 heteroatoms. The summed E-state index contributed by atoms with van der Waals surface area (Å²) in [6, 6.07) is 5.14. The molecule has 1 saturated heterocycles. The van der Waals surface area contributed by atoms with Gasteiger partial charge in [0.05, 0.1) is 11.3 Å². The minimum absolute atomic E-state index is 0.0402. The standard InChI is InChI=1S/C15H18ClN3O2/c1-9(10-2-3-10)18-15(21)12-8-11(16)4-5-13(12)19-14(20)6-7-17-19/h4-5,8-10,17H,2-3,6-7H2,1H3,(H,18,21). The molecule has 2 aliphatic rings. The van der Waals surface area contributed by atoms with Crippen LogP contribution in [0, 0.1) is 5.92 Å². The van der Waals surface area contributed by atoms with Gasteiger partial charge in [-0.15, -0.1) is 0 Å². The zero-order chi connectivity index (χ0) is 15.0. The van der Waals surface area contributed by atoms with Gasteiger partial charge in [-0.3, -0.25) is 9.59 Å². The van der Waals surface area contributed by atoms with Crippen molar-refractivity contribution in [2.75, 3.05) is 11.6 Å². The van der Waals surface area contributed by atoms with E-state index in [0.29, 0.717) is 35.2 Å². The van der Waals surface area contributed by atoms with Crippen molar-refractivity contribution in [3.05, 3.63) is 28.8 Å². The number of hydrogen-bond donors (Lipinski definition) is 2. The van der Waals surface area contributed by atoms with E-state index in [9.17, 15) is 9.59 Å². The van der Waals surface area contributed by atoms with Crippen molar-refractivity contribution in [1.82, 2.24) is 10.7 Å². The van der Waals surface area contributed by atoms with Gasteiger partial charge in [-0.25, -0.2) is 10.4 Å². The molecule has 2 fully saturated rings. The molecule has 1 aromatic rings. The summed E-state index contributed by atoms with van der Waals surface area (Å²) in [4.78, 5) is 24.4. The average Bonchev–Trinajstić information content (AvgIpc) is 3.22. The summed E-state index contributed by atoms with van der Waals surface area (Å²) in [7, 11) is 0. The second-order valence-electron chi connectivity index (χ2n) is 5.65. The fourth-order valence-corrected chi connectivity index (χ4v) is 2.75. The van der Waals surface area contributed by atoms with Crippen molar-refractivity contribution >= 4 is 29.1 Å². The van der Waals surface area contributed by atoms with Crippen molar-refractivity contribution in [3.8, 4) is 0 Å². The van der Waals surface area contributed by atoms with Crippen LogP contribution in [0.2, 0.25) is 5.02 Å². The molecule has 1 aliphatic carbocycles. The van der Waals surface area contributed by atoms with E-state index >= 15 is 0 Å². The van der Waals surface area contributed by atoms with Crippen LogP contribution in [-0.4, -0.2) is 24.4 Å². The lowest BCUT2D eigenvalue weighted by molar-refractivity contribution is -0.117. The van der Waals surface area contributed by atoms with E-state index in [4.69, 9.17) is 11.6 Å². The van der Waals surface area contributed by atoms with Crippen LogP contribution in [0.1, 0.15) is 36.5 Å². The fourth-order valence-electron chi connectivity index (χ4n) is 2.58. The Bertz CT molecular complexity index is 586. The first kappa shape index (κ1) is 14.4. The third-order valence-electron chi connectivity index (χ3n) is 3.99. The Balaban J connectivity index is 1.86. The second-order valence-corrected chi connectivity index (χ2v) is 6.08. The summed E-state index contributed by atoms with van der Waals surface area (Å²) < 4.78 is 0. The summed E-state index contributed by atoms with van der Waals surface area (Å²) in [5.74, 6) is 0.346. The first-order chi connectivity index (χ1) is 10.1. The lowest BCUT2D eigenvalue weighted by Crippen LogP contribution is -2.38. The number of amides is 2. The summed E-state index contributed by atoms with van der Waals surface area (Å²) in [6.45, 7) is 2.60. The lowest BCUT2D eigenvalue weighted by Gasteiger charge is -2.21. The molecule has 1 atom stereocenters. The largest absolute Gasteiger partial charge is 0.349 e. The van der Waals surface area contributed by atoms with Crippen LogP contribution < -0.4 is 15.8 Å². The number of benzene rings is 1. The minimum atomic E-state index is -0.187. The molecule has 1 aromatic carbocycles. The zero-order valence-electron chi connectivity index (χ0n) is 11.9. The Morgan fingerprint density at radius 3 is 2.86 bits per heavy atom. The predicted octanol–water partition coefficient (Wildman–Crippen LogP) is 2.11. The van der Waals surface area contributed by atoms with Crippen molar-refractivity contribution in [1.29, 1.82) is 0 Å². The van der Waals surface area contributed by atoms with E-state index < -0.39 is 0 Å². The number of carbonyl (C=O) groups is 2. The Morgan fingerprint density at radius 1 is 1.48 bits per heavy atom. The van der Waals surface area contributed by atoms with Crippen molar-refractivity contribution in [2.24, 2.45) is 5.92 Å². The number of carbonyl (C=O) groups excluding carboxylic acids is 2. The number of nitrogens with zero attached hydrogens (tertiary/aromatic N) is 1. The molecule has 3 rings (SSSR count). The van der Waals surface area contributed by atoms with E-state index in [1.807, 2.05) is 6.92 Å². The second kappa shape index (κ2) is 5.66. The van der Waals surface area contributed by atoms with Gasteiger partial charge in [-0.1, -0.05) is 11.6 Å². The van der Waals surface area contributed by atoms with Crippen LogP contribution in [0.15, 0.2) is 18.2 Å². The van der Waals surface area contributed by atoms with Gasteiger partial charge in [0.1, 0.15) is 0 Å². The van der Waals surface area contributed by atoms with Gasteiger partial charge in [0.2, 0.25) is 5.91 Å². The smallest absolute Gasteiger partial charge is 0.253 e. The Hall–Kier alpha value is -1.59. The van der Waals surface area contributed by atoms with Gasteiger partial charge in [0.25, 0.3) is 5.91 Å². The number of hydrazine groups is 1. The highest BCUT2D eigenvalue weighted by Gasteiger charge is 2.31. The van der Waals surface area contributed by atoms with E-state index in [2.05, 4.69) is 10.7 Å². The van der Waals surface area contributed by atoms with E-state index in [1.165, 1.54) is 5.01 Å². The number of nitrogens with one attached hydrogen (secondary N) is 2. The minimum Gasteiger partial charge on any atom is -0.349 e. The molecule has 1 unspecified atom stereocenters. The third kappa shape index (κ3) is 3.04. The molecule has 2 N–H and O–H groups in total. The van der Waals surface area contributed by atoms with E-state index in [-0.39, 0.29) is 17.9 Å². The van der Waals surface area contributed by atoms with Gasteiger partial charge >= 0.3 is 0 Å². The van der Waals surface area contributed by atoms with Crippen LogP contribution in [-0.2, 0) is 4.79 Å². The first-order valence-corrected chi connectivity index (χ1v) is 7.61. The average molecular weight is 308 g/mol. The van der Waals surface area contributed by atoms with Gasteiger partial charge < -0.3 is 5.32 Å². The van der Waals surface area contributed by atoms with Crippen molar-refractivity contribution in [2.45, 2.75) is 32.2 Å². The molecule has 0 bridgehead atoms. The lowest BCUT2D eigenvalue weighted by atomic mass is 10.1. The maximum Gasteiger partial charge on any atom is 0.253 e. The van der Waals surface area contributed by atoms with Crippen molar-refractivity contribution < 1.29 is 9.59 Å². The van der Waals surface area contributed by atoms with Crippen LogP contribution >= 0.6 is 11.6 Å². The van der Waals surface area contributed by atoms with Crippen LogP contribution in [0.4, 0.5) is 5.69 Å². The molecule has 2 amide bonds. The highest BCUT2D eigenvalue weighted by Crippen LogP contribution is 2.33. The summed E-state index contributed by atoms with van der Waals surface area (Å²) >= 11 is 6.01. The molecular weight excluding hydrogens is 290 g/mol. The molecule has 0 radical (unpaired) electrons. The van der Waals surface area contributed by atoms with E-state index in [0.717, 1.165) is 12.8 Å². The van der Waals surface area contributed by atoms with Crippen LogP contribution in [0.3, 0.4) is 0 Å². The molecule has 0 spiro atoms. The molecule has 1 aliphatic heterocycles. The van der Waals surface area contributed by atoms with Crippen LogP contribution in [0.5, 0.6) is 0 Å². The van der Waals surface area contributed by atoms with Gasteiger partial charge in [-0.05, 0) is 43.9 Å². The Morgan fingerprint density at radius 2 is 2.24 bits per heavy atom. The molecule has 5 nitrogen and oxygen atoms in total. The molecule has 1 saturated carbocycles. The first-order valence-electron chi connectivity index (χ1n) is 7.23. The molecule has 21 heavy (non-hydrogen) atoms. The molecule has 0 aromatic heterocycles. The maximum atomic E-state index is 12.5. The normalized spacial score (nSPS) is 19.7. The Kier molecular flexibility index (Phi) is 3.87. The number of halogens is 1. The van der Waals surface area contributed by atoms with Gasteiger partial charge in [-0.2, -0.15) is 0 Å². The van der Waals surface area contributed by atoms with Crippen LogP contribution in [0.25, 0.3) is 0 Å². The topological polar surface area (TPSA) is 61.4 Å². The summed E-state index contributed by atoms with van der Waals surface area (Å²) in [5, 5.41) is 4.92. The molecule has 1 heterocycles. The molecule has 112 valence electrons. The number of rotatable bonds is 4. The monoisotopic (exact) mass is 307 g/mol. The number of anilines is 1. The Labute approximate surface area is 128 Å². The van der Waals surface area contributed by atoms with Crippen molar-refractivity contribution in [3.63, 3.8) is 0 Å². The van der Waals surface area contributed by atoms with Gasteiger partial charge in [0.15, 0.2) is 0 Å². The maximum absolute atomic E-state index is 12.5. The summed E-state index contributed by atoms with van der Waals surface area (Å²) in [6.07, 6.45) is 2.76. The molecular formula is C15H18ClN3O2. The zero-order valence-corrected chi connectivity index (χ0v) is 12.6. The fraction of sp³-hybridized carbons (Fsp3) is 0.467. The quantitative estimate of drug-likeness (QED) is 0.895. The summed E-state index contributed by atoms with van der Waals surface area (Å²) in [5.41, 5.74) is 3.97. The number of hydrogen-bond acceptors (Lipinski definition) is 3. The predicted molar refractivity (Wildman–Crippen MR) is 81.2 cm³/mol. The third-order valence-corrected chi connectivity index (χ3v) is 4.23. The SMILES string of the molecule is CC(NC(=O)c1cc(Cl)ccc1N1NCCC1=O)C1CC1. The highest BCUT2D eigenvalue weighted by atomic mass is 35.5. The van der Waals surface area contributed by atoms with E-state index in [1.54, 1.807) is 18.2 Å². The highest BCUT2D eigenvalue weighted by molar-refractivity contribution is 6.31. The van der Waals surface area contributed by atoms with Gasteiger partial charge in [0, 0.05) is 24.0 Å².